The van der Waals surface area contributed by atoms with E-state index in [1.165, 1.54) is 0 Å². The summed E-state index contributed by atoms with van der Waals surface area (Å²) in [6.07, 6.45) is -1.70. The quantitative estimate of drug-likeness (QED) is 0.450. The number of nitrogens with one attached hydrogen (secondary N) is 2. The predicted octanol–water partition coefficient (Wildman–Crippen LogP) is 2.65. The molecule has 170 valence electrons. The molecule has 0 fully saturated rings. The average molecular weight is 440 g/mol. The highest BCUT2D eigenvalue weighted by Crippen LogP contribution is 2.44. The number of carboxylic acids is 1. The molecule has 0 saturated heterocycles. The number of hydrogen-bond acceptors (Lipinski definition) is 5. The van der Waals surface area contributed by atoms with E-state index in [0.29, 0.717) is 6.42 Å². The number of aliphatic hydroxyl groups is 1. The number of carboxylic acid groups (broad SMARTS) is 1. The molecule has 32 heavy (non-hydrogen) atoms. The van der Waals surface area contributed by atoms with Gasteiger partial charge in [0.25, 0.3) is 0 Å². The van der Waals surface area contributed by atoms with Crippen LogP contribution in [-0.2, 0) is 14.3 Å². The molecule has 2 aromatic rings. The van der Waals surface area contributed by atoms with Gasteiger partial charge in [-0.3, -0.25) is 9.59 Å². The van der Waals surface area contributed by atoms with Crippen molar-refractivity contribution in [2.45, 2.75) is 44.2 Å². The Morgan fingerprint density at radius 2 is 1.59 bits per heavy atom. The van der Waals surface area contributed by atoms with Crippen LogP contribution in [0.1, 0.15) is 43.2 Å². The van der Waals surface area contributed by atoms with Crippen molar-refractivity contribution in [2.75, 3.05) is 13.2 Å². The normalized spacial score (nSPS) is 14.1. The van der Waals surface area contributed by atoms with E-state index >= 15 is 0 Å². The fourth-order valence-electron chi connectivity index (χ4n) is 3.91. The molecule has 0 saturated carbocycles. The third-order valence-electron chi connectivity index (χ3n) is 5.54. The Morgan fingerprint density at radius 1 is 1.00 bits per heavy atom. The minimum absolute atomic E-state index is 0.000483. The van der Waals surface area contributed by atoms with Gasteiger partial charge in [-0.2, -0.15) is 0 Å². The highest BCUT2D eigenvalue weighted by Gasteiger charge is 2.29. The van der Waals surface area contributed by atoms with Gasteiger partial charge in [0, 0.05) is 24.9 Å². The van der Waals surface area contributed by atoms with Gasteiger partial charge in [-0.05, 0) is 28.7 Å². The first-order valence-corrected chi connectivity index (χ1v) is 10.7. The van der Waals surface area contributed by atoms with E-state index in [4.69, 9.17) is 9.84 Å². The fraction of sp³-hybridized carbons (Fsp3) is 0.375. The van der Waals surface area contributed by atoms with Crippen molar-refractivity contribution in [2.24, 2.45) is 0 Å². The Hall–Kier alpha value is -3.39. The first-order chi connectivity index (χ1) is 15.4. The lowest BCUT2D eigenvalue weighted by Crippen LogP contribution is -2.41. The van der Waals surface area contributed by atoms with Crippen LogP contribution in [0, 0.1) is 0 Å². The third kappa shape index (κ3) is 5.85. The second kappa shape index (κ2) is 10.8. The van der Waals surface area contributed by atoms with Crippen molar-refractivity contribution in [3.05, 3.63) is 59.7 Å². The van der Waals surface area contributed by atoms with Crippen LogP contribution in [0.3, 0.4) is 0 Å². The van der Waals surface area contributed by atoms with Crippen molar-refractivity contribution in [1.82, 2.24) is 10.6 Å². The lowest BCUT2D eigenvalue weighted by molar-refractivity contribution is -0.139. The fourth-order valence-corrected chi connectivity index (χ4v) is 3.91. The molecule has 2 aromatic carbocycles. The molecule has 4 N–H and O–H groups in total. The molecule has 8 heteroatoms. The van der Waals surface area contributed by atoms with Crippen LogP contribution in [0.4, 0.5) is 4.79 Å². The summed E-state index contributed by atoms with van der Waals surface area (Å²) in [6.45, 7) is 1.86. The monoisotopic (exact) mass is 440 g/mol. The standard InChI is InChI=1S/C24H28N2O6/c1-2-15(11-22(28)25-13-16(27)12-23(29)30)26-24(31)32-14-21-19-9-5-3-7-17(19)18-8-4-6-10-20(18)21/h3-10,15-16,21,27H,2,11-14H2,1H3,(H,25,28)(H,26,31)(H,29,30)/t15-,16?/m1/s1. The molecule has 2 atom stereocenters. The number of alkyl carbamates (subject to hydrolysis) is 1. The third-order valence-corrected chi connectivity index (χ3v) is 5.54. The van der Waals surface area contributed by atoms with Gasteiger partial charge in [0.15, 0.2) is 0 Å². The maximum atomic E-state index is 12.4. The van der Waals surface area contributed by atoms with Crippen molar-refractivity contribution < 1.29 is 29.3 Å². The van der Waals surface area contributed by atoms with Gasteiger partial charge in [0.05, 0.1) is 12.5 Å². The van der Waals surface area contributed by atoms with Gasteiger partial charge in [0.1, 0.15) is 6.61 Å². The van der Waals surface area contributed by atoms with Gasteiger partial charge in [-0.15, -0.1) is 0 Å². The summed E-state index contributed by atoms with van der Waals surface area (Å²) in [5, 5.41) is 23.4. The van der Waals surface area contributed by atoms with Gasteiger partial charge in [-0.25, -0.2) is 4.79 Å². The average Bonchev–Trinajstić information content (AvgIpc) is 3.09. The second-order valence-corrected chi connectivity index (χ2v) is 7.83. The number of carbonyl (C=O) groups is 3. The largest absolute Gasteiger partial charge is 0.481 e. The van der Waals surface area contributed by atoms with E-state index < -0.39 is 30.6 Å². The van der Waals surface area contributed by atoms with Crippen LogP contribution in [0.2, 0.25) is 0 Å². The number of ether oxygens (including phenoxy) is 1. The summed E-state index contributed by atoms with van der Waals surface area (Å²) in [5.41, 5.74) is 4.52. The van der Waals surface area contributed by atoms with Crippen LogP contribution in [0.5, 0.6) is 0 Å². The zero-order chi connectivity index (χ0) is 23.1. The van der Waals surface area contributed by atoms with E-state index in [2.05, 4.69) is 22.8 Å². The van der Waals surface area contributed by atoms with Crippen LogP contribution in [0.15, 0.2) is 48.5 Å². The highest BCUT2D eigenvalue weighted by atomic mass is 16.5. The molecule has 1 unspecified atom stereocenters. The van der Waals surface area contributed by atoms with E-state index in [-0.39, 0.29) is 31.4 Å². The zero-order valence-corrected chi connectivity index (χ0v) is 17.9. The summed E-state index contributed by atoms with van der Waals surface area (Å²) < 4.78 is 5.51. The predicted molar refractivity (Wildman–Crippen MR) is 118 cm³/mol. The molecule has 0 heterocycles. The molecule has 0 bridgehead atoms. The minimum atomic E-state index is -1.16. The summed E-state index contributed by atoms with van der Waals surface area (Å²) >= 11 is 0. The number of fused-ring (bicyclic) bond motifs is 3. The molecule has 1 aliphatic rings. The Balaban J connectivity index is 1.51. The van der Waals surface area contributed by atoms with E-state index in [0.717, 1.165) is 22.3 Å². The van der Waals surface area contributed by atoms with Gasteiger partial charge in [0.2, 0.25) is 5.91 Å². The van der Waals surface area contributed by atoms with Crippen molar-refractivity contribution in [1.29, 1.82) is 0 Å². The maximum Gasteiger partial charge on any atom is 0.407 e. The van der Waals surface area contributed by atoms with Gasteiger partial charge < -0.3 is 25.6 Å². The minimum Gasteiger partial charge on any atom is -0.481 e. The van der Waals surface area contributed by atoms with Crippen LogP contribution in [0.25, 0.3) is 11.1 Å². The smallest absolute Gasteiger partial charge is 0.407 e. The summed E-state index contributed by atoms with van der Waals surface area (Å²) in [4.78, 5) is 35.0. The topological polar surface area (TPSA) is 125 Å². The zero-order valence-electron chi connectivity index (χ0n) is 17.9. The van der Waals surface area contributed by atoms with Gasteiger partial charge in [-0.1, -0.05) is 55.5 Å². The number of hydrogen-bond donors (Lipinski definition) is 4. The van der Waals surface area contributed by atoms with Gasteiger partial charge >= 0.3 is 12.1 Å². The molecule has 1 aliphatic carbocycles. The molecule has 3 rings (SSSR count). The van der Waals surface area contributed by atoms with E-state index in [1.807, 2.05) is 43.3 Å². The van der Waals surface area contributed by atoms with E-state index in [1.54, 1.807) is 0 Å². The SMILES string of the molecule is CC[C@H](CC(=O)NCC(O)CC(=O)O)NC(=O)OCC1c2ccccc2-c2ccccc21. The Bertz CT molecular complexity index is 931. The molecule has 0 aromatic heterocycles. The lowest BCUT2D eigenvalue weighted by atomic mass is 9.98. The molecular formula is C24H28N2O6. The van der Waals surface area contributed by atoms with Crippen molar-refractivity contribution >= 4 is 18.0 Å². The lowest BCUT2D eigenvalue weighted by Gasteiger charge is -2.19. The molecular weight excluding hydrogens is 412 g/mol. The molecule has 0 radical (unpaired) electrons. The molecule has 0 spiro atoms. The number of aliphatic hydroxyl groups excluding tert-OH is 1. The van der Waals surface area contributed by atoms with Crippen LogP contribution >= 0.6 is 0 Å². The number of carbonyl (C=O) groups excluding carboxylic acids is 2. The first kappa shape index (κ1) is 23.3. The Labute approximate surface area is 186 Å². The maximum absolute atomic E-state index is 12.4. The number of rotatable bonds is 10. The summed E-state index contributed by atoms with van der Waals surface area (Å²) in [5.74, 6) is -1.58. The molecule has 8 nitrogen and oxygen atoms in total. The number of benzene rings is 2. The Kier molecular flexibility index (Phi) is 7.83. The van der Waals surface area contributed by atoms with Crippen LogP contribution < -0.4 is 10.6 Å². The van der Waals surface area contributed by atoms with Crippen molar-refractivity contribution in [3.63, 3.8) is 0 Å². The van der Waals surface area contributed by atoms with Crippen molar-refractivity contribution in [3.8, 4) is 11.1 Å². The highest BCUT2D eigenvalue weighted by molar-refractivity contribution is 5.79. The summed E-state index contributed by atoms with van der Waals surface area (Å²) in [7, 11) is 0. The summed E-state index contributed by atoms with van der Waals surface area (Å²) in [6, 6.07) is 15.7. The van der Waals surface area contributed by atoms with E-state index in [9.17, 15) is 19.5 Å². The molecule has 2 amide bonds. The molecule has 0 aliphatic heterocycles. The number of amides is 2. The Morgan fingerprint density at radius 3 is 2.16 bits per heavy atom. The second-order valence-electron chi connectivity index (χ2n) is 7.83. The number of aliphatic carboxylic acids is 1. The first-order valence-electron chi connectivity index (χ1n) is 10.7. The van der Waals surface area contributed by atoms with Crippen LogP contribution in [-0.4, -0.2) is 53.5 Å².